The largest absolute Gasteiger partial charge is 0.334 e. The van der Waals surface area contributed by atoms with Gasteiger partial charge in [-0.2, -0.15) is 4.98 Å². The third-order valence-electron chi connectivity index (χ3n) is 4.56. The van der Waals surface area contributed by atoms with Gasteiger partial charge >= 0.3 is 0 Å². The Morgan fingerprint density at radius 3 is 2.72 bits per heavy atom. The second-order valence-electron chi connectivity index (χ2n) is 6.82. The van der Waals surface area contributed by atoms with E-state index in [1.807, 2.05) is 74.6 Å². The third kappa shape index (κ3) is 4.30. The van der Waals surface area contributed by atoms with Gasteiger partial charge in [0.25, 0.3) is 5.89 Å². The Bertz CT molecular complexity index is 1160. The van der Waals surface area contributed by atoms with Gasteiger partial charge in [-0.15, -0.1) is 0 Å². The average molecular weight is 451 g/mol. The maximum atomic E-state index is 12.6. The summed E-state index contributed by atoms with van der Waals surface area (Å²) in [5, 5.41) is 7.04. The van der Waals surface area contributed by atoms with Crippen LogP contribution in [0.1, 0.15) is 11.1 Å². The molecule has 0 atom stereocenters. The van der Waals surface area contributed by atoms with Crippen LogP contribution in [0.2, 0.25) is 0 Å². The normalized spacial score (nSPS) is 10.9. The van der Waals surface area contributed by atoms with Crippen LogP contribution in [-0.2, 0) is 11.3 Å². The van der Waals surface area contributed by atoms with Crippen LogP contribution in [0.15, 0.2) is 69.8 Å². The molecule has 0 bridgehead atoms. The first-order chi connectivity index (χ1) is 14.0. The van der Waals surface area contributed by atoms with Crippen LogP contribution < -0.4 is 5.32 Å². The zero-order valence-electron chi connectivity index (χ0n) is 16.0. The average Bonchev–Trinajstić information content (AvgIpc) is 3.34. The minimum absolute atomic E-state index is 0.121. The predicted molar refractivity (Wildman–Crippen MR) is 115 cm³/mol. The number of carbonyl (C=O) groups excluding carboxylic acids is 1. The molecule has 7 heteroatoms. The Morgan fingerprint density at radius 2 is 1.93 bits per heavy atom. The van der Waals surface area contributed by atoms with Gasteiger partial charge < -0.3 is 14.4 Å². The van der Waals surface area contributed by atoms with Crippen molar-refractivity contribution < 1.29 is 9.32 Å². The second-order valence-corrected chi connectivity index (χ2v) is 7.73. The fourth-order valence-electron chi connectivity index (χ4n) is 3.00. The molecule has 29 heavy (non-hydrogen) atoms. The Morgan fingerprint density at radius 1 is 1.14 bits per heavy atom. The van der Waals surface area contributed by atoms with Crippen molar-refractivity contribution in [3.8, 4) is 23.0 Å². The van der Waals surface area contributed by atoms with Crippen molar-refractivity contribution in [2.75, 3.05) is 5.32 Å². The molecule has 0 spiro atoms. The molecule has 0 saturated carbocycles. The van der Waals surface area contributed by atoms with Crippen molar-refractivity contribution in [2.45, 2.75) is 20.4 Å². The lowest BCUT2D eigenvalue weighted by atomic mass is 10.1. The Balaban J connectivity index is 1.52. The molecule has 0 radical (unpaired) electrons. The topological polar surface area (TPSA) is 73.0 Å². The Kier molecular flexibility index (Phi) is 5.31. The van der Waals surface area contributed by atoms with Crippen LogP contribution in [0, 0.1) is 13.8 Å². The van der Waals surface area contributed by atoms with Crippen molar-refractivity contribution >= 4 is 27.5 Å². The summed E-state index contributed by atoms with van der Waals surface area (Å²) in [6.45, 7) is 4.11. The van der Waals surface area contributed by atoms with E-state index in [0.717, 1.165) is 26.9 Å². The predicted octanol–water partition coefficient (Wildman–Crippen LogP) is 5.22. The zero-order valence-corrected chi connectivity index (χ0v) is 17.6. The van der Waals surface area contributed by atoms with E-state index in [-0.39, 0.29) is 12.5 Å². The number of carbonyl (C=O) groups is 1. The van der Waals surface area contributed by atoms with Crippen molar-refractivity contribution in [3.63, 3.8) is 0 Å². The summed E-state index contributed by atoms with van der Waals surface area (Å²) in [6.07, 6.45) is 1.82. The summed E-state index contributed by atoms with van der Waals surface area (Å²) >= 11 is 3.41. The van der Waals surface area contributed by atoms with E-state index in [2.05, 4.69) is 31.4 Å². The van der Waals surface area contributed by atoms with E-state index >= 15 is 0 Å². The molecule has 2 heterocycles. The number of aryl methyl sites for hydroxylation is 2. The molecule has 4 rings (SSSR count). The smallest absolute Gasteiger partial charge is 0.274 e. The molecule has 2 aromatic carbocycles. The second kappa shape index (κ2) is 8.05. The minimum Gasteiger partial charge on any atom is -0.334 e. The standard InChI is InChI=1S/C22H19BrN4O2/c1-14-5-6-15(2)18(12-14)24-20(28)13-27-11-3-4-19(27)22-25-21(26-29-22)16-7-9-17(23)10-8-16/h3-12H,13H2,1-2H3,(H,24,28). The quantitative estimate of drug-likeness (QED) is 0.452. The molecule has 6 nitrogen and oxygen atoms in total. The number of halogens is 1. The number of rotatable bonds is 5. The van der Waals surface area contributed by atoms with Crippen LogP contribution in [0.4, 0.5) is 5.69 Å². The lowest BCUT2D eigenvalue weighted by Gasteiger charge is -2.11. The summed E-state index contributed by atoms with van der Waals surface area (Å²) in [5.74, 6) is 0.747. The van der Waals surface area contributed by atoms with Gasteiger partial charge in [-0.3, -0.25) is 4.79 Å². The van der Waals surface area contributed by atoms with Crippen LogP contribution in [-0.4, -0.2) is 20.6 Å². The van der Waals surface area contributed by atoms with Gasteiger partial charge in [-0.25, -0.2) is 0 Å². The number of nitrogens with zero attached hydrogens (tertiary/aromatic N) is 3. The van der Waals surface area contributed by atoms with Crippen LogP contribution in [0.5, 0.6) is 0 Å². The van der Waals surface area contributed by atoms with E-state index < -0.39 is 0 Å². The summed E-state index contributed by atoms with van der Waals surface area (Å²) in [6, 6.07) is 17.4. The van der Waals surface area contributed by atoms with Gasteiger partial charge in [0.1, 0.15) is 12.2 Å². The molecule has 0 saturated heterocycles. The highest BCUT2D eigenvalue weighted by Crippen LogP contribution is 2.24. The molecule has 4 aromatic rings. The number of nitrogens with one attached hydrogen (secondary N) is 1. The number of anilines is 1. The highest BCUT2D eigenvalue weighted by atomic mass is 79.9. The van der Waals surface area contributed by atoms with Crippen molar-refractivity contribution in [1.29, 1.82) is 0 Å². The lowest BCUT2D eigenvalue weighted by molar-refractivity contribution is -0.116. The van der Waals surface area contributed by atoms with Gasteiger partial charge in [0.15, 0.2) is 0 Å². The van der Waals surface area contributed by atoms with E-state index in [4.69, 9.17) is 4.52 Å². The summed E-state index contributed by atoms with van der Waals surface area (Å²) in [7, 11) is 0. The summed E-state index contributed by atoms with van der Waals surface area (Å²) in [5.41, 5.74) is 4.48. The Hall–Kier alpha value is -3.19. The summed E-state index contributed by atoms with van der Waals surface area (Å²) in [4.78, 5) is 17.1. The van der Waals surface area contributed by atoms with E-state index in [9.17, 15) is 4.79 Å². The van der Waals surface area contributed by atoms with Gasteiger partial charge in [0.05, 0.1) is 0 Å². The maximum Gasteiger partial charge on any atom is 0.274 e. The van der Waals surface area contributed by atoms with Gasteiger partial charge in [0.2, 0.25) is 11.7 Å². The molecule has 0 aliphatic rings. The van der Waals surface area contributed by atoms with E-state index in [0.29, 0.717) is 17.4 Å². The first-order valence-corrected chi connectivity index (χ1v) is 9.91. The number of amides is 1. The molecule has 1 amide bonds. The number of hydrogen-bond acceptors (Lipinski definition) is 4. The molecular formula is C22H19BrN4O2. The first kappa shape index (κ1) is 19.1. The van der Waals surface area contributed by atoms with Crippen LogP contribution in [0.25, 0.3) is 23.0 Å². The number of hydrogen-bond donors (Lipinski definition) is 1. The maximum absolute atomic E-state index is 12.6. The van der Waals surface area contributed by atoms with Crippen molar-refractivity contribution in [3.05, 3.63) is 76.4 Å². The molecule has 1 N–H and O–H groups in total. The molecule has 146 valence electrons. The van der Waals surface area contributed by atoms with Crippen LogP contribution >= 0.6 is 15.9 Å². The van der Waals surface area contributed by atoms with Gasteiger partial charge in [-0.1, -0.05) is 33.2 Å². The first-order valence-electron chi connectivity index (χ1n) is 9.12. The van der Waals surface area contributed by atoms with Gasteiger partial charge in [0, 0.05) is 21.9 Å². The zero-order chi connectivity index (χ0) is 20.4. The Labute approximate surface area is 176 Å². The molecular weight excluding hydrogens is 432 g/mol. The third-order valence-corrected chi connectivity index (χ3v) is 5.09. The fourth-order valence-corrected chi connectivity index (χ4v) is 3.27. The fraction of sp³-hybridized carbons (Fsp3) is 0.136. The van der Waals surface area contributed by atoms with Crippen molar-refractivity contribution in [2.24, 2.45) is 0 Å². The molecule has 0 fully saturated rings. The summed E-state index contributed by atoms with van der Waals surface area (Å²) < 4.78 is 8.21. The van der Waals surface area contributed by atoms with Gasteiger partial charge in [-0.05, 0) is 67.4 Å². The highest BCUT2D eigenvalue weighted by molar-refractivity contribution is 9.10. The molecule has 0 aliphatic carbocycles. The SMILES string of the molecule is Cc1ccc(C)c(NC(=O)Cn2cccc2-c2nc(-c3ccc(Br)cc3)no2)c1. The van der Waals surface area contributed by atoms with E-state index in [1.165, 1.54) is 0 Å². The van der Waals surface area contributed by atoms with Crippen molar-refractivity contribution in [1.82, 2.24) is 14.7 Å². The van der Waals surface area contributed by atoms with Crippen LogP contribution in [0.3, 0.4) is 0 Å². The molecule has 0 aliphatic heterocycles. The number of aromatic nitrogens is 3. The minimum atomic E-state index is -0.121. The molecule has 2 aromatic heterocycles. The van der Waals surface area contributed by atoms with E-state index in [1.54, 1.807) is 4.57 Å². The molecule has 0 unspecified atom stereocenters. The lowest BCUT2D eigenvalue weighted by Crippen LogP contribution is -2.19. The number of benzene rings is 2. The highest BCUT2D eigenvalue weighted by Gasteiger charge is 2.16. The monoisotopic (exact) mass is 450 g/mol.